The van der Waals surface area contributed by atoms with E-state index in [1.165, 1.54) is 5.56 Å². The number of rotatable bonds is 4. The van der Waals surface area contributed by atoms with Crippen LogP contribution in [0.5, 0.6) is 0 Å². The van der Waals surface area contributed by atoms with E-state index >= 15 is 0 Å². The second-order valence-corrected chi connectivity index (χ2v) is 7.27. The zero-order chi connectivity index (χ0) is 19.1. The van der Waals surface area contributed by atoms with Crippen molar-refractivity contribution in [1.29, 1.82) is 0 Å². The van der Waals surface area contributed by atoms with Gasteiger partial charge in [-0.25, -0.2) is 13.9 Å². The first kappa shape index (κ1) is 17.3. The molecule has 0 fully saturated rings. The Morgan fingerprint density at radius 1 is 1.22 bits per heavy atom. The molecule has 0 aliphatic carbocycles. The molecule has 0 aliphatic heterocycles. The van der Waals surface area contributed by atoms with Crippen molar-refractivity contribution in [2.75, 3.05) is 0 Å². The van der Waals surface area contributed by atoms with Gasteiger partial charge in [0.2, 0.25) is 6.33 Å². The summed E-state index contributed by atoms with van der Waals surface area (Å²) in [4.78, 5) is 12.2. The smallest absolute Gasteiger partial charge is 0.336 e. The second-order valence-electron chi connectivity index (χ2n) is 7.27. The molecule has 0 aliphatic rings. The molecule has 0 spiro atoms. The van der Waals surface area contributed by atoms with E-state index in [1.807, 2.05) is 29.1 Å². The molecule has 0 radical (unpaired) electrons. The summed E-state index contributed by atoms with van der Waals surface area (Å²) in [6.45, 7) is 10.9. The Balaban J connectivity index is 1.93. The Bertz CT molecular complexity index is 1230. The summed E-state index contributed by atoms with van der Waals surface area (Å²) in [6, 6.07) is 13.9. The molecule has 4 aromatic rings. The molecule has 27 heavy (non-hydrogen) atoms. The number of hydrogen-bond acceptors (Lipinski definition) is 2. The monoisotopic (exact) mass is 359 g/mol. The Labute approximate surface area is 158 Å². The molecule has 4 heteroatoms. The third kappa shape index (κ3) is 2.97. The molecule has 2 aromatic heterocycles. The van der Waals surface area contributed by atoms with E-state index in [0.717, 1.165) is 27.5 Å². The molecule has 0 N–H and O–H groups in total. The number of aromatic nitrogens is 2. The van der Waals surface area contributed by atoms with E-state index in [-0.39, 0.29) is 5.63 Å². The summed E-state index contributed by atoms with van der Waals surface area (Å²) in [5, 5.41) is 0.992. The maximum Gasteiger partial charge on any atom is 0.336 e. The van der Waals surface area contributed by atoms with Crippen molar-refractivity contribution in [3.8, 4) is 0 Å². The van der Waals surface area contributed by atoms with Gasteiger partial charge in [0.05, 0.1) is 6.20 Å². The van der Waals surface area contributed by atoms with Crippen molar-refractivity contribution in [2.24, 2.45) is 0 Å². The zero-order valence-electron chi connectivity index (χ0n) is 15.9. The Morgan fingerprint density at radius 3 is 2.74 bits per heavy atom. The number of imidazole rings is 1. The van der Waals surface area contributed by atoms with Crippen molar-refractivity contribution >= 4 is 28.2 Å². The first-order valence-corrected chi connectivity index (χ1v) is 9.16. The molecule has 136 valence electrons. The van der Waals surface area contributed by atoms with Crippen LogP contribution in [0.25, 0.3) is 28.2 Å². The highest BCUT2D eigenvalue weighted by Crippen LogP contribution is 2.27. The largest absolute Gasteiger partial charge is 0.423 e. The third-order valence-electron chi connectivity index (χ3n) is 5.11. The minimum Gasteiger partial charge on any atom is -0.423 e. The molecule has 2 aromatic carbocycles. The van der Waals surface area contributed by atoms with Crippen LogP contribution in [-0.2, 0) is 6.54 Å². The minimum atomic E-state index is -0.317. The number of nitrogens with zero attached hydrogens (tertiary/aromatic N) is 2. The highest BCUT2D eigenvalue weighted by atomic mass is 16.4. The van der Waals surface area contributed by atoms with Crippen LogP contribution >= 0.6 is 0 Å². The van der Waals surface area contributed by atoms with Crippen LogP contribution in [0.15, 0.2) is 64.6 Å². The van der Waals surface area contributed by atoms with Gasteiger partial charge in [-0.1, -0.05) is 32.6 Å². The van der Waals surface area contributed by atoms with E-state index in [0.29, 0.717) is 18.0 Å². The van der Waals surface area contributed by atoms with E-state index in [1.54, 1.807) is 12.3 Å². The average Bonchev–Trinajstić information content (AvgIpc) is 2.98. The summed E-state index contributed by atoms with van der Waals surface area (Å²) in [6.07, 6.45) is 3.80. The lowest BCUT2D eigenvalue weighted by Gasteiger charge is -2.12. The van der Waals surface area contributed by atoms with Gasteiger partial charge in [0.25, 0.3) is 0 Å². The fourth-order valence-electron chi connectivity index (χ4n) is 3.80. The van der Waals surface area contributed by atoms with Crippen LogP contribution in [0.1, 0.15) is 36.5 Å². The molecule has 0 amide bonds. The van der Waals surface area contributed by atoms with E-state index in [9.17, 15) is 4.79 Å². The fourth-order valence-corrected chi connectivity index (χ4v) is 3.80. The van der Waals surface area contributed by atoms with Crippen molar-refractivity contribution in [1.82, 2.24) is 4.57 Å². The Hall–Kier alpha value is -3.14. The zero-order valence-corrected chi connectivity index (χ0v) is 15.9. The fraction of sp³-hybridized carbons (Fsp3) is 0.217. The van der Waals surface area contributed by atoms with Gasteiger partial charge in [0.1, 0.15) is 12.1 Å². The molecule has 2 heterocycles. The summed E-state index contributed by atoms with van der Waals surface area (Å²) < 4.78 is 9.61. The summed E-state index contributed by atoms with van der Waals surface area (Å²) in [5.41, 5.74) is 5.88. The Kier molecular flexibility index (Phi) is 4.19. The van der Waals surface area contributed by atoms with Crippen molar-refractivity contribution in [2.45, 2.75) is 33.2 Å². The van der Waals surface area contributed by atoms with Gasteiger partial charge >= 0.3 is 5.63 Å². The van der Waals surface area contributed by atoms with Gasteiger partial charge in [0.15, 0.2) is 11.0 Å². The maximum absolute atomic E-state index is 12.2. The SMILES string of the molecule is C=Cn1c[n+](Cc2cc(=O)oc3cc(C)c(C(C)C)cc23)c2ccccc21. The van der Waals surface area contributed by atoms with Gasteiger partial charge in [-0.05, 0) is 48.2 Å². The van der Waals surface area contributed by atoms with Crippen LogP contribution in [0.3, 0.4) is 0 Å². The summed E-state index contributed by atoms with van der Waals surface area (Å²) in [5.74, 6) is 0.407. The van der Waals surface area contributed by atoms with Crippen molar-refractivity contribution in [3.05, 3.63) is 82.5 Å². The van der Waals surface area contributed by atoms with Crippen LogP contribution in [0, 0.1) is 6.92 Å². The van der Waals surface area contributed by atoms with Gasteiger partial charge in [0, 0.05) is 17.0 Å². The first-order chi connectivity index (χ1) is 13.0. The van der Waals surface area contributed by atoms with Gasteiger partial charge < -0.3 is 4.42 Å². The summed E-state index contributed by atoms with van der Waals surface area (Å²) in [7, 11) is 0. The number of fused-ring (bicyclic) bond motifs is 2. The molecule has 0 saturated carbocycles. The quantitative estimate of drug-likeness (QED) is 0.394. The highest BCUT2D eigenvalue weighted by molar-refractivity contribution is 5.82. The maximum atomic E-state index is 12.2. The second kappa shape index (κ2) is 6.54. The number of aryl methyl sites for hydroxylation is 1. The predicted octanol–water partition coefficient (Wildman–Crippen LogP) is 4.62. The standard InChI is InChI=1S/C23H23N2O2/c1-5-24-14-25(21-9-7-6-8-20(21)24)13-17-11-23(26)27-22-10-16(4)18(15(2)3)12-19(17)22/h5-12,14-15H,1,13H2,2-4H3/q+1. The number of para-hydroxylation sites is 2. The minimum absolute atomic E-state index is 0.317. The molecule has 0 saturated heterocycles. The lowest BCUT2D eigenvalue weighted by Crippen LogP contribution is -2.33. The van der Waals surface area contributed by atoms with E-state index in [2.05, 4.69) is 50.1 Å². The first-order valence-electron chi connectivity index (χ1n) is 9.16. The number of benzene rings is 2. The van der Waals surface area contributed by atoms with Crippen molar-refractivity contribution in [3.63, 3.8) is 0 Å². The van der Waals surface area contributed by atoms with Crippen LogP contribution in [-0.4, -0.2) is 4.57 Å². The normalized spacial score (nSPS) is 11.6. The molecule has 0 atom stereocenters. The van der Waals surface area contributed by atoms with Crippen LogP contribution in [0.2, 0.25) is 0 Å². The summed E-state index contributed by atoms with van der Waals surface area (Å²) >= 11 is 0. The predicted molar refractivity (Wildman–Crippen MR) is 109 cm³/mol. The molecule has 4 nitrogen and oxygen atoms in total. The van der Waals surface area contributed by atoms with E-state index in [4.69, 9.17) is 4.42 Å². The van der Waals surface area contributed by atoms with Gasteiger partial charge in [-0.2, -0.15) is 0 Å². The Morgan fingerprint density at radius 2 is 2.00 bits per heavy atom. The molecule has 0 unspecified atom stereocenters. The molecular formula is C23H23N2O2+. The molecule has 0 bridgehead atoms. The average molecular weight is 359 g/mol. The lowest BCUT2D eigenvalue weighted by atomic mass is 9.95. The van der Waals surface area contributed by atoms with Crippen LogP contribution < -0.4 is 10.2 Å². The molecular weight excluding hydrogens is 336 g/mol. The highest BCUT2D eigenvalue weighted by Gasteiger charge is 2.17. The lowest BCUT2D eigenvalue weighted by molar-refractivity contribution is -0.662. The third-order valence-corrected chi connectivity index (χ3v) is 5.11. The molecule has 4 rings (SSSR count). The van der Waals surface area contributed by atoms with E-state index < -0.39 is 0 Å². The van der Waals surface area contributed by atoms with Crippen molar-refractivity contribution < 1.29 is 8.98 Å². The van der Waals surface area contributed by atoms with Gasteiger partial charge in [-0.3, -0.25) is 0 Å². The van der Waals surface area contributed by atoms with Gasteiger partial charge in [-0.15, -0.1) is 0 Å². The number of hydrogen-bond donors (Lipinski definition) is 0. The van der Waals surface area contributed by atoms with Crippen LogP contribution in [0.4, 0.5) is 0 Å². The topological polar surface area (TPSA) is 39.0 Å².